The highest BCUT2D eigenvalue weighted by Crippen LogP contribution is 2.37. The summed E-state index contributed by atoms with van der Waals surface area (Å²) in [4.78, 5) is 16.9. The van der Waals surface area contributed by atoms with Crippen LogP contribution in [0.15, 0.2) is 42.9 Å². The number of nitrogens with zero attached hydrogens (tertiary/aromatic N) is 4. The van der Waals surface area contributed by atoms with Crippen LogP contribution in [0.1, 0.15) is 74.9 Å². The molecule has 4 nitrogen and oxygen atoms in total. The fourth-order valence-corrected chi connectivity index (χ4v) is 5.01. The third-order valence-corrected chi connectivity index (χ3v) is 7.17. The molecule has 4 heterocycles. The van der Waals surface area contributed by atoms with Crippen LogP contribution < -0.4 is 4.90 Å². The summed E-state index contributed by atoms with van der Waals surface area (Å²) in [5.74, 6) is 0.634. The van der Waals surface area contributed by atoms with Gasteiger partial charge in [-0.25, -0.2) is 0 Å². The molecule has 3 aromatic heterocycles. The van der Waals surface area contributed by atoms with Crippen molar-refractivity contribution in [2.24, 2.45) is 0 Å². The Kier molecular flexibility index (Phi) is 6.20. The topological polar surface area (TPSA) is 41.9 Å². The first-order valence-electron chi connectivity index (χ1n) is 12.4. The molecular weight excluding hydrogens is 392 g/mol. The quantitative estimate of drug-likeness (QED) is 0.438. The molecule has 1 saturated heterocycles. The molecular formula is C28H34N4. The number of piperidine rings is 1. The van der Waals surface area contributed by atoms with Crippen LogP contribution in [-0.4, -0.2) is 28.0 Å². The molecule has 32 heavy (non-hydrogen) atoms. The lowest BCUT2D eigenvalue weighted by molar-refractivity contribution is 0.411. The maximum atomic E-state index is 4.94. The Labute approximate surface area is 192 Å². The van der Waals surface area contributed by atoms with Crippen molar-refractivity contribution in [1.29, 1.82) is 0 Å². The molecule has 0 N–H and O–H groups in total. The van der Waals surface area contributed by atoms with Crippen molar-refractivity contribution in [3.63, 3.8) is 0 Å². The largest absolute Gasteiger partial charge is 0.370 e. The van der Waals surface area contributed by atoms with Crippen molar-refractivity contribution >= 4 is 5.69 Å². The molecule has 0 atom stereocenters. The molecule has 0 amide bonds. The van der Waals surface area contributed by atoms with E-state index in [-0.39, 0.29) is 0 Å². The number of aromatic nitrogens is 3. The van der Waals surface area contributed by atoms with Crippen LogP contribution in [0, 0.1) is 6.92 Å². The van der Waals surface area contributed by atoms with E-state index in [9.17, 15) is 0 Å². The second kappa shape index (κ2) is 9.40. The second-order valence-electron chi connectivity index (χ2n) is 9.44. The van der Waals surface area contributed by atoms with Gasteiger partial charge in [0, 0.05) is 65.7 Å². The Morgan fingerprint density at radius 2 is 1.69 bits per heavy atom. The minimum atomic E-state index is 0.634. The molecule has 0 radical (unpaired) electrons. The molecule has 0 spiro atoms. The van der Waals surface area contributed by atoms with Gasteiger partial charge in [0.15, 0.2) is 0 Å². The van der Waals surface area contributed by atoms with Crippen LogP contribution in [0.4, 0.5) is 5.69 Å². The monoisotopic (exact) mass is 426 g/mol. The molecule has 1 aliphatic heterocycles. The number of hydrogen-bond acceptors (Lipinski definition) is 4. The van der Waals surface area contributed by atoms with Crippen LogP contribution in [0.5, 0.6) is 0 Å². The summed E-state index contributed by atoms with van der Waals surface area (Å²) in [6, 6.07) is 9.03. The summed E-state index contributed by atoms with van der Waals surface area (Å²) < 4.78 is 0. The SMILES string of the molecule is CCCc1ncc(-c2cc(-c3ccnc(C4CCC4)c3)cnc2C)cc1N1CCCCC1. The van der Waals surface area contributed by atoms with E-state index in [1.165, 1.54) is 72.3 Å². The summed E-state index contributed by atoms with van der Waals surface area (Å²) in [7, 11) is 0. The molecule has 4 heteroatoms. The van der Waals surface area contributed by atoms with Gasteiger partial charge in [-0.2, -0.15) is 0 Å². The van der Waals surface area contributed by atoms with Crippen LogP contribution in [0.25, 0.3) is 22.3 Å². The van der Waals surface area contributed by atoms with Gasteiger partial charge in [0.1, 0.15) is 0 Å². The first-order chi connectivity index (χ1) is 15.7. The van der Waals surface area contributed by atoms with Gasteiger partial charge in [-0.05, 0) is 75.3 Å². The lowest BCUT2D eigenvalue weighted by atomic mass is 9.82. The summed E-state index contributed by atoms with van der Waals surface area (Å²) in [6.45, 7) is 6.62. The standard InChI is InChI=1S/C28H34N4/c1-3-8-26-28(32-13-5-4-6-14-32)17-24(19-31-26)25-15-23(18-30-20(25)2)22-11-12-29-27(16-22)21-9-7-10-21/h11-12,15-19,21H,3-10,13-14H2,1-2H3. The van der Waals surface area contributed by atoms with Crippen molar-refractivity contribution < 1.29 is 0 Å². The third-order valence-electron chi connectivity index (χ3n) is 7.17. The van der Waals surface area contributed by atoms with Gasteiger partial charge in [-0.1, -0.05) is 19.8 Å². The predicted molar refractivity (Wildman–Crippen MR) is 132 cm³/mol. The fourth-order valence-electron chi connectivity index (χ4n) is 5.01. The molecule has 2 aliphatic rings. The number of rotatable bonds is 6. The van der Waals surface area contributed by atoms with Gasteiger partial charge in [0.05, 0.1) is 11.4 Å². The maximum absolute atomic E-state index is 4.94. The van der Waals surface area contributed by atoms with Crippen LogP contribution in [-0.2, 0) is 6.42 Å². The molecule has 1 aliphatic carbocycles. The van der Waals surface area contributed by atoms with Crippen molar-refractivity contribution in [3.8, 4) is 22.3 Å². The van der Waals surface area contributed by atoms with E-state index in [4.69, 9.17) is 9.97 Å². The highest BCUT2D eigenvalue weighted by Gasteiger charge is 2.21. The average molecular weight is 427 g/mol. The lowest BCUT2D eigenvalue weighted by Gasteiger charge is -2.30. The van der Waals surface area contributed by atoms with Crippen LogP contribution in [0.3, 0.4) is 0 Å². The zero-order valence-electron chi connectivity index (χ0n) is 19.5. The first kappa shape index (κ1) is 21.1. The first-order valence-corrected chi connectivity index (χ1v) is 12.4. The normalized spacial score (nSPS) is 16.8. The van der Waals surface area contributed by atoms with Crippen molar-refractivity contribution in [2.45, 2.75) is 71.1 Å². The Hall–Kier alpha value is -2.75. The van der Waals surface area contributed by atoms with Gasteiger partial charge in [-0.3, -0.25) is 15.0 Å². The summed E-state index contributed by atoms with van der Waals surface area (Å²) in [6.07, 6.45) is 15.9. The second-order valence-corrected chi connectivity index (χ2v) is 9.44. The zero-order chi connectivity index (χ0) is 21.9. The Morgan fingerprint density at radius 3 is 2.44 bits per heavy atom. The van der Waals surface area contributed by atoms with E-state index in [1.54, 1.807) is 0 Å². The Morgan fingerprint density at radius 1 is 0.875 bits per heavy atom. The number of anilines is 1. The van der Waals surface area contributed by atoms with Crippen molar-refractivity contribution in [3.05, 3.63) is 59.9 Å². The summed E-state index contributed by atoms with van der Waals surface area (Å²) in [5, 5.41) is 0. The van der Waals surface area contributed by atoms with E-state index in [1.807, 2.05) is 12.4 Å². The molecule has 2 fully saturated rings. The Bertz CT molecular complexity index is 1080. The van der Waals surface area contributed by atoms with Gasteiger partial charge in [-0.15, -0.1) is 0 Å². The van der Waals surface area contributed by atoms with Gasteiger partial charge < -0.3 is 4.90 Å². The van der Waals surface area contributed by atoms with Crippen LogP contribution >= 0.6 is 0 Å². The van der Waals surface area contributed by atoms with E-state index >= 15 is 0 Å². The van der Waals surface area contributed by atoms with E-state index in [2.05, 4.69) is 54.2 Å². The summed E-state index contributed by atoms with van der Waals surface area (Å²) in [5.41, 5.74) is 9.56. The highest BCUT2D eigenvalue weighted by atomic mass is 15.1. The minimum Gasteiger partial charge on any atom is -0.370 e. The number of hydrogen-bond donors (Lipinski definition) is 0. The summed E-state index contributed by atoms with van der Waals surface area (Å²) >= 11 is 0. The third kappa shape index (κ3) is 4.28. The zero-order valence-corrected chi connectivity index (χ0v) is 19.5. The molecule has 1 saturated carbocycles. The average Bonchev–Trinajstić information content (AvgIpc) is 2.80. The van der Waals surface area contributed by atoms with Crippen molar-refractivity contribution in [1.82, 2.24) is 15.0 Å². The molecule has 5 rings (SSSR count). The molecule has 0 aromatic carbocycles. The predicted octanol–water partition coefficient (Wildman–Crippen LogP) is 6.72. The molecule has 0 bridgehead atoms. The molecule has 0 unspecified atom stereocenters. The van der Waals surface area contributed by atoms with Gasteiger partial charge >= 0.3 is 0 Å². The number of aryl methyl sites for hydroxylation is 2. The lowest BCUT2D eigenvalue weighted by Crippen LogP contribution is -2.30. The minimum absolute atomic E-state index is 0.634. The van der Waals surface area contributed by atoms with Gasteiger partial charge in [0.25, 0.3) is 0 Å². The highest BCUT2D eigenvalue weighted by molar-refractivity contribution is 5.76. The Balaban J connectivity index is 1.52. The molecule has 3 aromatic rings. The maximum Gasteiger partial charge on any atom is 0.0637 e. The van der Waals surface area contributed by atoms with E-state index in [0.29, 0.717) is 5.92 Å². The molecule has 166 valence electrons. The van der Waals surface area contributed by atoms with Crippen molar-refractivity contribution in [2.75, 3.05) is 18.0 Å². The van der Waals surface area contributed by atoms with E-state index < -0.39 is 0 Å². The van der Waals surface area contributed by atoms with Gasteiger partial charge in [0.2, 0.25) is 0 Å². The smallest absolute Gasteiger partial charge is 0.0637 e. The van der Waals surface area contributed by atoms with E-state index in [0.717, 1.165) is 37.2 Å². The van der Waals surface area contributed by atoms with Crippen LogP contribution in [0.2, 0.25) is 0 Å². The number of pyridine rings is 3. The fraction of sp³-hybridized carbons (Fsp3) is 0.464.